The predicted octanol–water partition coefficient (Wildman–Crippen LogP) is 2.85. The van der Waals surface area contributed by atoms with Crippen molar-refractivity contribution in [1.82, 2.24) is 10.6 Å². The van der Waals surface area contributed by atoms with Crippen LogP contribution < -0.4 is 10.6 Å². The minimum absolute atomic E-state index is 0.0674. The Morgan fingerprint density at radius 3 is 2.50 bits per heavy atom. The molecule has 1 rings (SSSR count). The summed E-state index contributed by atoms with van der Waals surface area (Å²) in [5.74, 6) is 0.913. The van der Waals surface area contributed by atoms with Gasteiger partial charge in [0.25, 0.3) is 0 Å². The third kappa shape index (κ3) is 5.38. The van der Waals surface area contributed by atoms with Crippen LogP contribution in [0.4, 0.5) is 0 Å². The molecule has 2 atom stereocenters. The third-order valence-electron chi connectivity index (χ3n) is 4.09. The second-order valence-electron chi connectivity index (χ2n) is 5.72. The number of hydrogen-bond acceptors (Lipinski definition) is 2. The average molecular weight is 254 g/mol. The van der Waals surface area contributed by atoms with Crippen molar-refractivity contribution < 1.29 is 4.79 Å². The Labute approximate surface area is 112 Å². The van der Waals surface area contributed by atoms with Gasteiger partial charge in [-0.25, -0.2) is 0 Å². The first-order valence-electron chi connectivity index (χ1n) is 7.69. The van der Waals surface area contributed by atoms with Gasteiger partial charge in [0, 0.05) is 12.6 Å². The highest BCUT2D eigenvalue weighted by molar-refractivity contribution is 5.81. The second kappa shape index (κ2) is 8.52. The molecular weight excluding hydrogens is 224 g/mol. The van der Waals surface area contributed by atoms with Crippen LogP contribution in [0.1, 0.15) is 65.7 Å². The highest BCUT2D eigenvalue weighted by atomic mass is 16.2. The highest BCUT2D eigenvalue weighted by Crippen LogP contribution is 2.27. The molecular formula is C15H30N2O. The van der Waals surface area contributed by atoms with Crippen molar-refractivity contribution >= 4 is 5.91 Å². The van der Waals surface area contributed by atoms with Gasteiger partial charge in [-0.3, -0.25) is 4.79 Å². The number of carbonyl (C=O) groups is 1. The maximum atomic E-state index is 11.9. The summed E-state index contributed by atoms with van der Waals surface area (Å²) in [5, 5.41) is 6.46. The maximum Gasteiger partial charge on any atom is 0.236 e. The van der Waals surface area contributed by atoms with Crippen LogP contribution in [-0.4, -0.2) is 24.5 Å². The van der Waals surface area contributed by atoms with Crippen molar-refractivity contribution in [2.24, 2.45) is 5.92 Å². The molecule has 0 radical (unpaired) electrons. The summed E-state index contributed by atoms with van der Waals surface area (Å²) >= 11 is 0. The predicted molar refractivity (Wildman–Crippen MR) is 76.6 cm³/mol. The number of carbonyl (C=O) groups excluding carboxylic acids is 1. The van der Waals surface area contributed by atoms with Gasteiger partial charge in [0.05, 0.1) is 6.04 Å². The van der Waals surface area contributed by atoms with Crippen LogP contribution in [0.3, 0.4) is 0 Å². The van der Waals surface area contributed by atoms with Crippen LogP contribution >= 0.6 is 0 Å². The van der Waals surface area contributed by atoms with E-state index in [1.54, 1.807) is 0 Å². The van der Waals surface area contributed by atoms with Gasteiger partial charge in [-0.1, -0.05) is 32.6 Å². The molecule has 3 nitrogen and oxygen atoms in total. The molecule has 0 aromatic heterocycles. The summed E-state index contributed by atoms with van der Waals surface area (Å²) in [6.07, 6.45) is 8.83. The zero-order chi connectivity index (χ0) is 13.4. The summed E-state index contributed by atoms with van der Waals surface area (Å²) in [4.78, 5) is 11.9. The number of hydrogen-bond donors (Lipinski definition) is 2. The fraction of sp³-hybridized carbons (Fsp3) is 0.933. The second-order valence-corrected chi connectivity index (χ2v) is 5.72. The number of nitrogens with one attached hydrogen (secondary N) is 2. The van der Waals surface area contributed by atoms with E-state index in [0.717, 1.165) is 18.9 Å². The summed E-state index contributed by atoms with van der Waals surface area (Å²) < 4.78 is 0. The zero-order valence-electron chi connectivity index (χ0n) is 12.3. The molecule has 0 saturated heterocycles. The van der Waals surface area contributed by atoms with E-state index >= 15 is 0 Å². The highest BCUT2D eigenvalue weighted by Gasteiger charge is 2.24. The number of unbranched alkanes of at least 4 members (excludes halogenated alkanes) is 2. The average Bonchev–Trinajstić information content (AvgIpc) is 2.88. The number of rotatable bonds is 8. The fourth-order valence-corrected chi connectivity index (χ4v) is 2.80. The molecule has 1 aliphatic carbocycles. The molecule has 0 aromatic rings. The molecule has 18 heavy (non-hydrogen) atoms. The molecule has 0 bridgehead atoms. The SMILES string of the molecule is CCCCCNC(=O)C(C)N[C@@H](C)C1CCCC1. The first-order valence-corrected chi connectivity index (χ1v) is 7.69. The molecule has 0 aliphatic heterocycles. The Hall–Kier alpha value is -0.570. The maximum absolute atomic E-state index is 11.9. The van der Waals surface area contributed by atoms with Gasteiger partial charge in [-0.05, 0) is 39.0 Å². The Balaban J connectivity index is 2.17. The van der Waals surface area contributed by atoms with E-state index in [1.807, 2.05) is 6.92 Å². The minimum atomic E-state index is -0.0674. The largest absolute Gasteiger partial charge is 0.355 e. The van der Waals surface area contributed by atoms with Crippen LogP contribution in [-0.2, 0) is 4.79 Å². The Morgan fingerprint density at radius 1 is 1.22 bits per heavy atom. The van der Waals surface area contributed by atoms with E-state index in [9.17, 15) is 4.79 Å². The minimum Gasteiger partial charge on any atom is -0.355 e. The normalized spacial score (nSPS) is 19.7. The van der Waals surface area contributed by atoms with Crippen LogP contribution in [0.15, 0.2) is 0 Å². The molecule has 1 saturated carbocycles. The molecule has 0 aromatic carbocycles. The standard InChI is InChI=1S/C15H30N2O/c1-4-5-8-11-16-15(18)13(3)17-12(2)14-9-6-7-10-14/h12-14,17H,4-11H2,1-3H3,(H,16,18)/t12-,13?/m0/s1. The number of amides is 1. The molecule has 1 fully saturated rings. The lowest BCUT2D eigenvalue weighted by atomic mass is 9.99. The summed E-state index contributed by atoms with van der Waals surface area (Å²) in [6.45, 7) is 7.18. The van der Waals surface area contributed by atoms with Crippen molar-refractivity contribution in [3.8, 4) is 0 Å². The third-order valence-corrected chi connectivity index (χ3v) is 4.09. The van der Waals surface area contributed by atoms with Crippen molar-refractivity contribution in [2.45, 2.75) is 77.8 Å². The van der Waals surface area contributed by atoms with Gasteiger partial charge in [-0.15, -0.1) is 0 Å². The molecule has 2 N–H and O–H groups in total. The van der Waals surface area contributed by atoms with Crippen LogP contribution in [0.5, 0.6) is 0 Å². The lowest BCUT2D eigenvalue weighted by molar-refractivity contribution is -0.123. The smallest absolute Gasteiger partial charge is 0.236 e. The molecule has 106 valence electrons. The first-order chi connectivity index (χ1) is 8.65. The van der Waals surface area contributed by atoms with Gasteiger partial charge < -0.3 is 10.6 Å². The lowest BCUT2D eigenvalue weighted by Crippen LogP contribution is -2.47. The van der Waals surface area contributed by atoms with E-state index in [4.69, 9.17) is 0 Å². The van der Waals surface area contributed by atoms with E-state index in [0.29, 0.717) is 6.04 Å². The molecule has 1 amide bonds. The fourth-order valence-electron chi connectivity index (χ4n) is 2.80. The topological polar surface area (TPSA) is 41.1 Å². The summed E-state index contributed by atoms with van der Waals surface area (Å²) in [6, 6.07) is 0.395. The van der Waals surface area contributed by atoms with Gasteiger partial charge >= 0.3 is 0 Å². The lowest BCUT2D eigenvalue weighted by Gasteiger charge is -2.24. The molecule has 0 spiro atoms. The van der Waals surface area contributed by atoms with Crippen LogP contribution in [0.2, 0.25) is 0 Å². The van der Waals surface area contributed by atoms with Crippen molar-refractivity contribution in [3.05, 3.63) is 0 Å². The zero-order valence-corrected chi connectivity index (χ0v) is 12.3. The van der Waals surface area contributed by atoms with Gasteiger partial charge in [-0.2, -0.15) is 0 Å². The van der Waals surface area contributed by atoms with E-state index in [-0.39, 0.29) is 11.9 Å². The molecule has 3 heteroatoms. The Kier molecular flexibility index (Phi) is 7.33. The van der Waals surface area contributed by atoms with E-state index < -0.39 is 0 Å². The van der Waals surface area contributed by atoms with E-state index in [2.05, 4.69) is 24.5 Å². The van der Waals surface area contributed by atoms with E-state index in [1.165, 1.54) is 38.5 Å². The first kappa shape index (κ1) is 15.5. The summed E-state index contributed by atoms with van der Waals surface area (Å²) in [5.41, 5.74) is 0. The van der Waals surface area contributed by atoms with Crippen molar-refractivity contribution in [2.75, 3.05) is 6.54 Å². The Morgan fingerprint density at radius 2 is 1.89 bits per heavy atom. The monoisotopic (exact) mass is 254 g/mol. The van der Waals surface area contributed by atoms with Crippen molar-refractivity contribution in [3.63, 3.8) is 0 Å². The molecule has 0 heterocycles. The van der Waals surface area contributed by atoms with Crippen LogP contribution in [0.25, 0.3) is 0 Å². The molecule has 1 aliphatic rings. The van der Waals surface area contributed by atoms with Gasteiger partial charge in [0.2, 0.25) is 5.91 Å². The summed E-state index contributed by atoms with van der Waals surface area (Å²) in [7, 11) is 0. The van der Waals surface area contributed by atoms with Gasteiger partial charge in [0.1, 0.15) is 0 Å². The van der Waals surface area contributed by atoms with Crippen molar-refractivity contribution in [1.29, 1.82) is 0 Å². The molecule has 1 unspecified atom stereocenters. The van der Waals surface area contributed by atoms with Gasteiger partial charge in [0.15, 0.2) is 0 Å². The quantitative estimate of drug-likeness (QED) is 0.654. The Bertz CT molecular complexity index is 237. The van der Waals surface area contributed by atoms with Crippen LogP contribution in [0, 0.1) is 5.92 Å².